The molecule has 5 heteroatoms. The largest absolute Gasteiger partial charge is 0.458 e. The minimum absolute atomic E-state index is 0.0343. The average molecular weight is 305 g/mol. The lowest BCUT2D eigenvalue weighted by Crippen LogP contribution is -2.25. The quantitative estimate of drug-likeness (QED) is 0.631. The highest BCUT2D eigenvalue weighted by Crippen LogP contribution is 2.19. The minimum Gasteiger partial charge on any atom is -0.458 e. The standard InChI is InChI=1S/C16H23NO2.CO2/c1-10(2)15(16(18)19-11(3)4)17-14-8-12(5)7-13(6)9-14;2-1-3/h7-11H,1-6H3;. The minimum atomic E-state index is -0.329. The molecule has 0 amide bonds. The molecule has 0 aliphatic rings. The SMILES string of the molecule is Cc1cc(C)cc(N=C(C(=O)OC(C)C)C(C)C)c1.O=C=O. The molecule has 1 rings (SSSR count). The van der Waals surface area contributed by atoms with Crippen LogP contribution in [0.3, 0.4) is 0 Å². The first-order valence-corrected chi connectivity index (χ1v) is 7.08. The summed E-state index contributed by atoms with van der Waals surface area (Å²) >= 11 is 0. The van der Waals surface area contributed by atoms with Crippen LogP contribution < -0.4 is 0 Å². The molecule has 0 aliphatic heterocycles. The van der Waals surface area contributed by atoms with Gasteiger partial charge in [-0.15, -0.1) is 0 Å². The summed E-state index contributed by atoms with van der Waals surface area (Å²) in [7, 11) is 0. The number of aryl methyl sites for hydroxylation is 2. The zero-order chi connectivity index (χ0) is 17.3. The smallest absolute Gasteiger partial charge is 0.373 e. The van der Waals surface area contributed by atoms with Gasteiger partial charge in [0.1, 0.15) is 5.71 Å². The van der Waals surface area contributed by atoms with Gasteiger partial charge in [-0.25, -0.2) is 9.79 Å². The van der Waals surface area contributed by atoms with Crippen LogP contribution in [0.2, 0.25) is 0 Å². The molecular weight excluding hydrogens is 282 g/mol. The molecule has 0 unspecified atom stereocenters. The lowest BCUT2D eigenvalue weighted by atomic mass is 10.1. The van der Waals surface area contributed by atoms with Gasteiger partial charge in [0.2, 0.25) is 0 Å². The van der Waals surface area contributed by atoms with Gasteiger partial charge in [-0.2, -0.15) is 9.59 Å². The maximum absolute atomic E-state index is 12.0. The number of hydrogen-bond donors (Lipinski definition) is 0. The van der Waals surface area contributed by atoms with Crippen LogP contribution in [-0.4, -0.2) is 23.9 Å². The summed E-state index contributed by atoms with van der Waals surface area (Å²) < 4.78 is 5.24. The molecule has 0 radical (unpaired) electrons. The number of hydrogen-bond acceptors (Lipinski definition) is 5. The fourth-order valence-electron chi connectivity index (χ4n) is 1.84. The van der Waals surface area contributed by atoms with Crippen molar-refractivity contribution in [3.63, 3.8) is 0 Å². The van der Waals surface area contributed by atoms with E-state index in [0.29, 0.717) is 5.71 Å². The van der Waals surface area contributed by atoms with E-state index >= 15 is 0 Å². The summed E-state index contributed by atoms with van der Waals surface area (Å²) in [6, 6.07) is 6.02. The molecule has 1 aromatic rings. The summed E-state index contributed by atoms with van der Waals surface area (Å²) in [4.78, 5) is 32.7. The third-order valence-corrected chi connectivity index (χ3v) is 2.55. The second kappa shape index (κ2) is 9.64. The molecule has 22 heavy (non-hydrogen) atoms. The molecule has 0 aromatic heterocycles. The Morgan fingerprint density at radius 2 is 1.50 bits per heavy atom. The van der Waals surface area contributed by atoms with Crippen molar-refractivity contribution in [3.8, 4) is 0 Å². The molecular formula is C17H23NO4. The topological polar surface area (TPSA) is 72.8 Å². The third kappa shape index (κ3) is 7.50. The van der Waals surface area contributed by atoms with Gasteiger partial charge in [0.25, 0.3) is 0 Å². The highest BCUT2D eigenvalue weighted by atomic mass is 16.5. The first-order valence-electron chi connectivity index (χ1n) is 7.08. The van der Waals surface area contributed by atoms with Crippen molar-refractivity contribution < 1.29 is 19.1 Å². The first-order chi connectivity index (χ1) is 10.2. The fourth-order valence-corrected chi connectivity index (χ4v) is 1.84. The van der Waals surface area contributed by atoms with Crippen molar-refractivity contribution in [2.24, 2.45) is 10.9 Å². The molecule has 0 aliphatic carbocycles. The summed E-state index contributed by atoms with van der Waals surface area (Å²) in [6.07, 6.45) is 0.121. The lowest BCUT2D eigenvalue weighted by molar-refractivity contribution is -0.191. The fraction of sp³-hybridized carbons (Fsp3) is 0.471. The van der Waals surface area contributed by atoms with Crippen LogP contribution in [0.4, 0.5) is 5.69 Å². The lowest BCUT2D eigenvalue weighted by Gasteiger charge is -2.13. The van der Waals surface area contributed by atoms with Crippen LogP contribution in [-0.2, 0) is 19.1 Å². The van der Waals surface area contributed by atoms with Gasteiger partial charge < -0.3 is 4.74 Å². The van der Waals surface area contributed by atoms with E-state index in [9.17, 15) is 4.79 Å². The van der Waals surface area contributed by atoms with Gasteiger partial charge in [0.05, 0.1) is 11.8 Å². The van der Waals surface area contributed by atoms with Crippen LogP contribution in [0.15, 0.2) is 23.2 Å². The zero-order valence-corrected chi connectivity index (χ0v) is 14.0. The summed E-state index contributed by atoms with van der Waals surface area (Å²) in [5, 5.41) is 0. The van der Waals surface area contributed by atoms with Gasteiger partial charge >= 0.3 is 12.1 Å². The Bertz CT molecular complexity index is 548. The highest BCUT2D eigenvalue weighted by molar-refractivity contribution is 6.37. The van der Waals surface area contributed by atoms with Crippen molar-refractivity contribution in [2.45, 2.75) is 47.6 Å². The van der Waals surface area contributed by atoms with Crippen LogP contribution in [0.1, 0.15) is 38.8 Å². The second-order valence-corrected chi connectivity index (χ2v) is 5.54. The molecule has 1 aromatic carbocycles. The number of nitrogens with zero attached hydrogens (tertiary/aromatic N) is 1. The van der Waals surface area contributed by atoms with Crippen molar-refractivity contribution in [1.82, 2.24) is 0 Å². The van der Waals surface area contributed by atoms with E-state index in [0.717, 1.165) is 16.8 Å². The average Bonchev–Trinajstić information content (AvgIpc) is 2.34. The van der Waals surface area contributed by atoms with E-state index in [2.05, 4.69) is 11.1 Å². The zero-order valence-electron chi connectivity index (χ0n) is 14.0. The monoisotopic (exact) mass is 305 g/mol. The molecule has 0 bridgehead atoms. The number of esters is 1. The van der Waals surface area contributed by atoms with Gasteiger partial charge in [0.15, 0.2) is 0 Å². The number of rotatable bonds is 4. The van der Waals surface area contributed by atoms with Gasteiger partial charge in [0, 0.05) is 5.92 Å². The molecule has 0 fully saturated rings. The van der Waals surface area contributed by atoms with Gasteiger partial charge in [-0.05, 0) is 51.0 Å². The van der Waals surface area contributed by atoms with Gasteiger partial charge in [-0.3, -0.25) is 0 Å². The Balaban J connectivity index is 0.00000135. The number of benzene rings is 1. The highest BCUT2D eigenvalue weighted by Gasteiger charge is 2.18. The van der Waals surface area contributed by atoms with Crippen LogP contribution in [0.25, 0.3) is 0 Å². The number of carbonyl (C=O) groups is 1. The van der Waals surface area contributed by atoms with E-state index in [1.165, 1.54) is 0 Å². The van der Waals surface area contributed by atoms with Crippen LogP contribution in [0, 0.1) is 19.8 Å². The van der Waals surface area contributed by atoms with E-state index in [1.807, 2.05) is 53.7 Å². The van der Waals surface area contributed by atoms with E-state index in [4.69, 9.17) is 14.3 Å². The third-order valence-electron chi connectivity index (χ3n) is 2.55. The number of ether oxygens (including phenoxy) is 1. The molecule has 0 heterocycles. The van der Waals surface area contributed by atoms with Crippen LogP contribution in [0.5, 0.6) is 0 Å². The normalized spacial score (nSPS) is 10.8. The summed E-state index contributed by atoms with van der Waals surface area (Å²) in [6.45, 7) is 11.6. The Labute approximate surface area is 131 Å². The number of aliphatic imine (C=N–C) groups is 1. The Morgan fingerprint density at radius 3 is 1.86 bits per heavy atom. The van der Waals surface area contributed by atoms with Crippen molar-refractivity contribution in [1.29, 1.82) is 0 Å². The van der Waals surface area contributed by atoms with Crippen molar-refractivity contribution in [3.05, 3.63) is 29.3 Å². The molecule has 5 nitrogen and oxygen atoms in total. The first kappa shape index (κ1) is 19.7. The van der Waals surface area contributed by atoms with E-state index in [1.54, 1.807) is 0 Å². The summed E-state index contributed by atoms with van der Waals surface area (Å²) in [5.74, 6) is -0.295. The Kier molecular flexibility index (Phi) is 8.65. The van der Waals surface area contributed by atoms with Crippen molar-refractivity contribution in [2.75, 3.05) is 0 Å². The van der Waals surface area contributed by atoms with Crippen LogP contribution >= 0.6 is 0 Å². The molecule has 0 spiro atoms. The predicted molar refractivity (Wildman–Crippen MR) is 84.1 cm³/mol. The van der Waals surface area contributed by atoms with E-state index in [-0.39, 0.29) is 24.1 Å². The second-order valence-electron chi connectivity index (χ2n) is 5.54. The Hall–Kier alpha value is -2.26. The maximum atomic E-state index is 12.0. The summed E-state index contributed by atoms with van der Waals surface area (Å²) in [5.41, 5.74) is 3.55. The molecule has 0 atom stereocenters. The Morgan fingerprint density at radius 1 is 1.05 bits per heavy atom. The molecule has 0 saturated carbocycles. The maximum Gasteiger partial charge on any atom is 0.373 e. The number of carbonyl (C=O) groups excluding carboxylic acids is 3. The predicted octanol–water partition coefficient (Wildman–Crippen LogP) is 3.40. The van der Waals surface area contributed by atoms with Gasteiger partial charge in [-0.1, -0.05) is 19.9 Å². The molecule has 0 N–H and O–H groups in total. The van der Waals surface area contributed by atoms with E-state index < -0.39 is 0 Å². The van der Waals surface area contributed by atoms with Crippen molar-refractivity contribution >= 4 is 23.5 Å². The molecule has 120 valence electrons. The molecule has 0 saturated heterocycles.